The number of esters is 1. The number of ether oxygens (including phenoxy) is 2. The average Bonchev–Trinajstić information content (AvgIpc) is 3.17. The number of piperazine rings is 1. The molecular weight excluding hydrogens is 408 g/mol. The molecule has 0 bridgehead atoms. The van der Waals surface area contributed by atoms with Gasteiger partial charge in [-0.05, 0) is 49.8 Å². The van der Waals surface area contributed by atoms with Crippen molar-refractivity contribution in [3.05, 3.63) is 35.9 Å². The molecule has 176 valence electrons. The Balaban J connectivity index is 1.58. The van der Waals surface area contributed by atoms with E-state index in [0.29, 0.717) is 24.9 Å². The zero-order valence-electron chi connectivity index (χ0n) is 19.2. The molecule has 0 aliphatic carbocycles. The van der Waals surface area contributed by atoms with Gasteiger partial charge in [0.25, 0.3) is 0 Å². The van der Waals surface area contributed by atoms with E-state index in [0.717, 1.165) is 52.0 Å². The van der Waals surface area contributed by atoms with E-state index in [-0.39, 0.29) is 24.3 Å². The van der Waals surface area contributed by atoms with Crippen molar-refractivity contribution < 1.29 is 19.1 Å². The summed E-state index contributed by atoms with van der Waals surface area (Å²) in [5.74, 6) is 0.788. The van der Waals surface area contributed by atoms with E-state index in [2.05, 4.69) is 45.4 Å². The Labute approximate surface area is 190 Å². The maximum absolute atomic E-state index is 12.2. The number of hydrogen-bond acceptors (Lipinski definition) is 7. The quantitative estimate of drug-likeness (QED) is 0.638. The first-order valence-corrected chi connectivity index (χ1v) is 11.8. The summed E-state index contributed by atoms with van der Waals surface area (Å²) in [4.78, 5) is 30.4. The Morgan fingerprint density at radius 1 is 1.19 bits per heavy atom. The molecule has 3 saturated heterocycles. The van der Waals surface area contributed by atoms with E-state index in [9.17, 15) is 9.59 Å². The average molecular weight is 445 g/mol. The van der Waals surface area contributed by atoms with Crippen LogP contribution in [-0.4, -0.2) is 99.0 Å². The van der Waals surface area contributed by atoms with Gasteiger partial charge in [0, 0.05) is 32.7 Å². The second-order valence-corrected chi connectivity index (χ2v) is 9.27. The number of carbonyl (C=O) groups is 2. The van der Waals surface area contributed by atoms with Gasteiger partial charge in [-0.3, -0.25) is 14.6 Å². The highest BCUT2D eigenvalue weighted by Gasteiger charge is 2.42. The van der Waals surface area contributed by atoms with Gasteiger partial charge in [-0.25, -0.2) is 4.79 Å². The first kappa shape index (κ1) is 23.0. The molecular formula is C24H36N4O4. The lowest BCUT2D eigenvalue weighted by molar-refractivity contribution is -0.144. The Morgan fingerprint density at radius 3 is 2.59 bits per heavy atom. The molecule has 0 saturated carbocycles. The molecule has 0 aromatic heterocycles. The summed E-state index contributed by atoms with van der Waals surface area (Å²) < 4.78 is 10.7. The van der Waals surface area contributed by atoms with Crippen LogP contribution in [0, 0.1) is 11.8 Å². The predicted octanol–water partition coefficient (Wildman–Crippen LogP) is 1.41. The van der Waals surface area contributed by atoms with Gasteiger partial charge in [0.1, 0.15) is 0 Å². The number of cyclic esters (lactones) is 1. The molecule has 3 heterocycles. The first-order valence-electron chi connectivity index (χ1n) is 11.8. The Kier molecular flexibility index (Phi) is 7.65. The minimum absolute atomic E-state index is 0.191. The van der Waals surface area contributed by atoms with E-state index in [1.54, 1.807) is 11.9 Å². The molecule has 8 heteroatoms. The summed E-state index contributed by atoms with van der Waals surface area (Å²) in [6.07, 6.45) is 2.78. The highest BCUT2D eigenvalue weighted by Crippen LogP contribution is 2.33. The zero-order valence-corrected chi connectivity index (χ0v) is 19.2. The van der Waals surface area contributed by atoms with E-state index >= 15 is 0 Å². The lowest BCUT2D eigenvalue weighted by Crippen LogP contribution is -2.61. The van der Waals surface area contributed by atoms with E-state index < -0.39 is 0 Å². The Hall–Kier alpha value is -2.16. The van der Waals surface area contributed by atoms with Crippen molar-refractivity contribution in [3.8, 4) is 0 Å². The first-order chi connectivity index (χ1) is 15.5. The van der Waals surface area contributed by atoms with E-state index in [1.807, 2.05) is 0 Å². The highest BCUT2D eigenvalue weighted by atomic mass is 16.6. The standard InChI is InChI=1S/C24H36N4O4/c1-26-16-22(32-24(26)30)28-13-12-27(17-23(29)31-2)21(15-28)20(19-8-10-25-11-9-19)14-18-6-4-3-5-7-18/h3-7,19-22,25H,8-17H2,1-2H3. The topological polar surface area (TPSA) is 74.4 Å². The molecule has 1 amide bonds. The summed E-state index contributed by atoms with van der Waals surface area (Å²) in [5, 5.41) is 3.49. The van der Waals surface area contributed by atoms with Crippen LogP contribution < -0.4 is 5.32 Å². The number of hydrogen-bond donors (Lipinski definition) is 1. The third-order valence-corrected chi connectivity index (χ3v) is 7.31. The van der Waals surface area contributed by atoms with Crippen molar-refractivity contribution in [1.29, 1.82) is 0 Å². The largest absolute Gasteiger partial charge is 0.468 e. The molecule has 3 aliphatic rings. The summed E-state index contributed by atoms with van der Waals surface area (Å²) in [7, 11) is 3.23. The van der Waals surface area contributed by atoms with Crippen molar-refractivity contribution in [3.63, 3.8) is 0 Å². The van der Waals surface area contributed by atoms with Gasteiger partial charge >= 0.3 is 12.1 Å². The zero-order chi connectivity index (χ0) is 22.5. The summed E-state index contributed by atoms with van der Waals surface area (Å²) in [5.41, 5.74) is 1.33. The third-order valence-electron chi connectivity index (χ3n) is 7.31. The fourth-order valence-corrected chi connectivity index (χ4v) is 5.48. The molecule has 32 heavy (non-hydrogen) atoms. The van der Waals surface area contributed by atoms with Crippen LogP contribution >= 0.6 is 0 Å². The van der Waals surface area contributed by atoms with Crippen LogP contribution in [0.2, 0.25) is 0 Å². The molecule has 1 aromatic carbocycles. The minimum atomic E-state index is -0.261. The minimum Gasteiger partial charge on any atom is -0.468 e. The number of likely N-dealkylation sites (N-methyl/N-ethyl adjacent to an activating group) is 1. The summed E-state index contributed by atoms with van der Waals surface area (Å²) in [6.45, 7) is 5.26. The molecule has 0 spiro atoms. The lowest BCUT2D eigenvalue weighted by atomic mass is 9.75. The van der Waals surface area contributed by atoms with Crippen molar-refractivity contribution in [1.82, 2.24) is 20.0 Å². The van der Waals surface area contributed by atoms with E-state index in [4.69, 9.17) is 9.47 Å². The van der Waals surface area contributed by atoms with Gasteiger partial charge in [0.15, 0.2) is 6.23 Å². The molecule has 4 rings (SSSR count). The number of methoxy groups -OCH3 is 1. The molecule has 8 nitrogen and oxygen atoms in total. The number of carbonyl (C=O) groups excluding carboxylic acids is 2. The molecule has 0 radical (unpaired) electrons. The molecule has 1 N–H and O–H groups in total. The van der Waals surface area contributed by atoms with Gasteiger partial charge in [-0.2, -0.15) is 0 Å². The smallest absolute Gasteiger partial charge is 0.411 e. The van der Waals surface area contributed by atoms with Crippen LogP contribution in [0.3, 0.4) is 0 Å². The van der Waals surface area contributed by atoms with Crippen LogP contribution in [0.5, 0.6) is 0 Å². The maximum atomic E-state index is 12.2. The second-order valence-electron chi connectivity index (χ2n) is 9.27. The predicted molar refractivity (Wildman–Crippen MR) is 121 cm³/mol. The number of nitrogens with one attached hydrogen (secondary N) is 1. The lowest BCUT2D eigenvalue weighted by Gasteiger charge is -2.48. The Bertz CT molecular complexity index is 771. The second kappa shape index (κ2) is 10.6. The molecule has 3 atom stereocenters. The van der Waals surface area contributed by atoms with Crippen LogP contribution in [0.15, 0.2) is 30.3 Å². The van der Waals surface area contributed by atoms with Gasteiger partial charge in [0.2, 0.25) is 0 Å². The monoisotopic (exact) mass is 444 g/mol. The van der Waals surface area contributed by atoms with Gasteiger partial charge in [-0.1, -0.05) is 30.3 Å². The number of benzene rings is 1. The fraction of sp³-hybridized carbons (Fsp3) is 0.667. The Morgan fingerprint density at radius 2 is 1.94 bits per heavy atom. The fourth-order valence-electron chi connectivity index (χ4n) is 5.48. The van der Waals surface area contributed by atoms with E-state index in [1.165, 1.54) is 12.7 Å². The molecule has 3 unspecified atom stereocenters. The normalized spacial score (nSPS) is 26.7. The van der Waals surface area contributed by atoms with Crippen molar-refractivity contribution in [2.75, 3.05) is 60.0 Å². The number of amides is 1. The number of nitrogens with zero attached hydrogens (tertiary/aromatic N) is 3. The van der Waals surface area contributed by atoms with Crippen LogP contribution in [0.1, 0.15) is 18.4 Å². The van der Waals surface area contributed by atoms with Gasteiger partial charge < -0.3 is 19.7 Å². The molecule has 1 aromatic rings. The SMILES string of the molecule is COC(=O)CN1CCN(C2CN(C)C(=O)O2)CC1C(Cc1ccccc1)C1CCNCC1. The van der Waals surface area contributed by atoms with Crippen LogP contribution in [0.4, 0.5) is 4.79 Å². The molecule has 3 aliphatic heterocycles. The van der Waals surface area contributed by atoms with Crippen LogP contribution in [-0.2, 0) is 20.7 Å². The van der Waals surface area contributed by atoms with Crippen molar-refractivity contribution >= 4 is 12.1 Å². The number of piperidine rings is 1. The summed E-state index contributed by atoms with van der Waals surface area (Å²) in [6, 6.07) is 10.8. The van der Waals surface area contributed by atoms with Crippen molar-refractivity contribution in [2.24, 2.45) is 11.8 Å². The van der Waals surface area contributed by atoms with Gasteiger partial charge in [-0.15, -0.1) is 0 Å². The summed E-state index contributed by atoms with van der Waals surface area (Å²) >= 11 is 0. The van der Waals surface area contributed by atoms with Gasteiger partial charge in [0.05, 0.1) is 20.2 Å². The van der Waals surface area contributed by atoms with Crippen molar-refractivity contribution in [2.45, 2.75) is 31.5 Å². The molecule has 3 fully saturated rings. The third kappa shape index (κ3) is 5.42. The maximum Gasteiger partial charge on any atom is 0.411 e. The highest BCUT2D eigenvalue weighted by molar-refractivity contribution is 5.71. The number of rotatable bonds is 7. The van der Waals surface area contributed by atoms with Crippen LogP contribution in [0.25, 0.3) is 0 Å².